The van der Waals surface area contributed by atoms with Gasteiger partial charge in [-0.15, -0.1) is 0 Å². The average Bonchev–Trinajstić information content (AvgIpc) is 2.69. The molecule has 0 radical (unpaired) electrons. The van der Waals surface area contributed by atoms with Crippen molar-refractivity contribution in [1.82, 2.24) is 4.90 Å². The smallest absolute Gasteiger partial charge is 0.253 e. The Morgan fingerprint density at radius 2 is 1.64 bits per heavy atom. The number of carbonyl (C=O) groups is 1. The molecule has 2 aromatic carbocycles. The van der Waals surface area contributed by atoms with Crippen molar-refractivity contribution in [3.63, 3.8) is 0 Å². The number of carbonyl (C=O) groups excluding carboxylic acids is 1. The van der Waals surface area contributed by atoms with Gasteiger partial charge < -0.3 is 14.9 Å². The highest BCUT2D eigenvalue weighted by Crippen LogP contribution is 2.26. The molecule has 0 saturated carbocycles. The second kappa shape index (κ2) is 8.17. The molecule has 1 unspecified atom stereocenters. The number of piperidine rings is 1. The number of hydrogen-bond donors (Lipinski definition) is 1. The zero-order valence-electron chi connectivity index (χ0n) is 14.7. The third-order valence-electron chi connectivity index (χ3n) is 4.91. The Hall–Kier alpha value is -2.33. The van der Waals surface area contributed by atoms with Gasteiger partial charge in [-0.1, -0.05) is 43.3 Å². The van der Waals surface area contributed by atoms with Crippen LogP contribution in [0.15, 0.2) is 60.7 Å². The molecule has 0 bridgehead atoms. The number of amides is 1. The Morgan fingerprint density at radius 3 is 2.20 bits per heavy atom. The van der Waals surface area contributed by atoms with Crippen LogP contribution in [0.1, 0.15) is 36.5 Å². The number of aliphatic hydroxyl groups excluding tert-OH is 1. The van der Waals surface area contributed by atoms with Crippen molar-refractivity contribution in [2.75, 3.05) is 18.0 Å². The molecule has 0 aliphatic carbocycles. The molecule has 1 saturated heterocycles. The van der Waals surface area contributed by atoms with Crippen LogP contribution in [-0.4, -0.2) is 41.3 Å². The van der Waals surface area contributed by atoms with Crippen LogP contribution in [0.5, 0.6) is 0 Å². The Morgan fingerprint density at radius 1 is 1.08 bits per heavy atom. The fraction of sp³-hybridized carbons (Fsp3) is 0.381. The van der Waals surface area contributed by atoms with Gasteiger partial charge in [0.2, 0.25) is 0 Å². The maximum absolute atomic E-state index is 12.6. The lowest BCUT2D eigenvalue weighted by Crippen LogP contribution is -2.50. The number of para-hydroxylation sites is 1. The summed E-state index contributed by atoms with van der Waals surface area (Å²) in [4.78, 5) is 16.6. The Kier molecular flexibility index (Phi) is 5.71. The van der Waals surface area contributed by atoms with Gasteiger partial charge in [0, 0.05) is 30.4 Å². The number of likely N-dealkylation sites (tertiary alicyclic amines) is 1. The van der Waals surface area contributed by atoms with Crippen LogP contribution in [0.25, 0.3) is 0 Å². The van der Waals surface area contributed by atoms with Crippen molar-refractivity contribution >= 4 is 11.6 Å². The Bertz CT molecular complexity index is 667. The summed E-state index contributed by atoms with van der Waals surface area (Å²) in [5, 5.41) is 10.5. The zero-order valence-corrected chi connectivity index (χ0v) is 14.7. The van der Waals surface area contributed by atoms with E-state index in [1.165, 1.54) is 0 Å². The molecule has 25 heavy (non-hydrogen) atoms. The molecule has 2 aromatic rings. The van der Waals surface area contributed by atoms with E-state index >= 15 is 0 Å². The molecule has 1 fully saturated rings. The predicted octanol–water partition coefficient (Wildman–Crippen LogP) is 3.53. The molecule has 1 aliphatic heterocycles. The monoisotopic (exact) mass is 338 g/mol. The topological polar surface area (TPSA) is 43.8 Å². The molecule has 1 amide bonds. The first-order valence-corrected chi connectivity index (χ1v) is 9.06. The minimum Gasteiger partial charge on any atom is -0.374 e. The third-order valence-corrected chi connectivity index (χ3v) is 4.91. The molecule has 0 aromatic heterocycles. The molecule has 132 valence electrons. The maximum Gasteiger partial charge on any atom is 0.253 e. The quantitative estimate of drug-likeness (QED) is 0.848. The molecule has 1 aliphatic rings. The van der Waals surface area contributed by atoms with E-state index in [0.29, 0.717) is 6.42 Å². The second-order valence-electron chi connectivity index (χ2n) is 6.52. The van der Waals surface area contributed by atoms with Crippen LogP contribution < -0.4 is 4.90 Å². The molecule has 1 atom stereocenters. The summed E-state index contributed by atoms with van der Waals surface area (Å²) in [5.41, 5.74) is 1.79. The van der Waals surface area contributed by atoms with Gasteiger partial charge in [-0.2, -0.15) is 0 Å². The average molecular weight is 338 g/mol. The standard InChI is InChI=1S/C21H26N2O2/c1-2-20(24)23(18-11-7-4-8-12-18)19-13-15-22(16-14-19)21(25)17-9-5-3-6-10-17/h3-12,19-20,24H,2,13-16H2,1H3. The van der Waals surface area contributed by atoms with Gasteiger partial charge in [-0.05, 0) is 43.5 Å². The first-order chi connectivity index (χ1) is 12.2. The van der Waals surface area contributed by atoms with E-state index in [-0.39, 0.29) is 11.9 Å². The molecular formula is C21H26N2O2. The molecule has 1 N–H and O–H groups in total. The van der Waals surface area contributed by atoms with Crippen LogP contribution in [0.3, 0.4) is 0 Å². The predicted molar refractivity (Wildman–Crippen MR) is 101 cm³/mol. The minimum absolute atomic E-state index is 0.0985. The van der Waals surface area contributed by atoms with Gasteiger partial charge in [0.25, 0.3) is 5.91 Å². The highest BCUT2D eigenvalue weighted by atomic mass is 16.3. The van der Waals surface area contributed by atoms with Crippen LogP contribution >= 0.6 is 0 Å². The lowest BCUT2D eigenvalue weighted by Gasteiger charge is -2.42. The van der Waals surface area contributed by atoms with Crippen LogP contribution in [0.4, 0.5) is 5.69 Å². The molecule has 3 rings (SSSR count). The van der Waals surface area contributed by atoms with Crippen molar-refractivity contribution in [2.24, 2.45) is 0 Å². The van der Waals surface area contributed by atoms with Gasteiger partial charge in [0.15, 0.2) is 0 Å². The minimum atomic E-state index is -0.497. The number of hydrogen-bond acceptors (Lipinski definition) is 3. The van der Waals surface area contributed by atoms with Gasteiger partial charge >= 0.3 is 0 Å². The van der Waals surface area contributed by atoms with E-state index in [2.05, 4.69) is 4.90 Å². The summed E-state index contributed by atoms with van der Waals surface area (Å²) in [6, 6.07) is 19.8. The van der Waals surface area contributed by atoms with Gasteiger partial charge in [0.1, 0.15) is 6.23 Å². The second-order valence-corrected chi connectivity index (χ2v) is 6.52. The lowest BCUT2D eigenvalue weighted by molar-refractivity contribution is 0.0692. The van der Waals surface area contributed by atoms with Crippen molar-refractivity contribution in [3.05, 3.63) is 66.2 Å². The number of benzene rings is 2. The van der Waals surface area contributed by atoms with Crippen molar-refractivity contribution in [1.29, 1.82) is 0 Å². The van der Waals surface area contributed by atoms with Crippen molar-refractivity contribution < 1.29 is 9.90 Å². The normalized spacial score (nSPS) is 16.5. The van der Waals surface area contributed by atoms with Crippen LogP contribution in [0, 0.1) is 0 Å². The van der Waals surface area contributed by atoms with E-state index in [1.807, 2.05) is 72.5 Å². The van der Waals surface area contributed by atoms with Gasteiger partial charge in [0.05, 0.1) is 0 Å². The number of aliphatic hydroxyl groups is 1. The number of nitrogens with zero attached hydrogens (tertiary/aromatic N) is 2. The summed E-state index contributed by atoms with van der Waals surface area (Å²) < 4.78 is 0. The summed E-state index contributed by atoms with van der Waals surface area (Å²) >= 11 is 0. The van der Waals surface area contributed by atoms with Crippen LogP contribution in [0.2, 0.25) is 0 Å². The zero-order chi connectivity index (χ0) is 17.6. The summed E-state index contributed by atoms with van der Waals surface area (Å²) in [5.74, 6) is 0.0985. The molecular weight excluding hydrogens is 312 g/mol. The Labute approximate surface area is 149 Å². The van der Waals surface area contributed by atoms with Crippen LogP contribution in [-0.2, 0) is 0 Å². The Balaban J connectivity index is 1.68. The number of anilines is 1. The molecule has 4 heteroatoms. The fourth-order valence-corrected chi connectivity index (χ4v) is 3.53. The highest BCUT2D eigenvalue weighted by molar-refractivity contribution is 5.94. The molecule has 4 nitrogen and oxygen atoms in total. The fourth-order valence-electron chi connectivity index (χ4n) is 3.53. The summed E-state index contributed by atoms with van der Waals surface area (Å²) in [6.45, 7) is 3.44. The van der Waals surface area contributed by atoms with E-state index < -0.39 is 6.23 Å². The van der Waals surface area contributed by atoms with Crippen molar-refractivity contribution in [2.45, 2.75) is 38.5 Å². The lowest BCUT2D eigenvalue weighted by atomic mass is 10.0. The SMILES string of the molecule is CCC(O)N(c1ccccc1)C1CCN(C(=O)c2ccccc2)CC1. The van der Waals surface area contributed by atoms with E-state index in [9.17, 15) is 9.90 Å². The van der Waals surface area contributed by atoms with E-state index in [4.69, 9.17) is 0 Å². The summed E-state index contributed by atoms with van der Waals surface area (Å²) in [7, 11) is 0. The molecule has 0 spiro atoms. The van der Waals surface area contributed by atoms with E-state index in [0.717, 1.165) is 37.2 Å². The summed E-state index contributed by atoms with van der Waals surface area (Å²) in [6.07, 6.45) is 1.91. The largest absolute Gasteiger partial charge is 0.374 e. The first kappa shape index (κ1) is 17.5. The first-order valence-electron chi connectivity index (χ1n) is 9.06. The van der Waals surface area contributed by atoms with Gasteiger partial charge in [-0.25, -0.2) is 0 Å². The van der Waals surface area contributed by atoms with E-state index in [1.54, 1.807) is 0 Å². The molecule has 1 heterocycles. The van der Waals surface area contributed by atoms with Gasteiger partial charge in [-0.3, -0.25) is 4.79 Å². The maximum atomic E-state index is 12.6. The highest BCUT2D eigenvalue weighted by Gasteiger charge is 2.30. The van der Waals surface area contributed by atoms with Crippen molar-refractivity contribution in [3.8, 4) is 0 Å². The number of rotatable bonds is 5. The third kappa shape index (κ3) is 4.02.